The maximum atomic E-state index is 12.9. The van der Waals surface area contributed by atoms with Crippen LogP contribution in [0.3, 0.4) is 0 Å². The van der Waals surface area contributed by atoms with E-state index in [-0.39, 0.29) is 12.1 Å². The van der Waals surface area contributed by atoms with Gasteiger partial charge in [0.15, 0.2) is 0 Å². The lowest BCUT2D eigenvalue weighted by molar-refractivity contribution is -0.128. The Balaban J connectivity index is 1.65. The Hall–Kier alpha value is -3.24. The Morgan fingerprint density at radius 2 is 1.52 bits per heavy atom. The first kappa shape index (κ1) is 19.1. The fourth-order valence-corrected chi connectivity index (χ4v) is 3.58. The molecule has 1 aliphatic rings. The highest BCUT2D eigenvalue weighted by molar-refractivity contribution is 5.84. The number of carbonyl (C=O) groups is 1. The zero-order chi connectivity index (χ0) is 20.2. The molecule has 0 unspecified atom stereocenters. The Morgan fingerprint density at radius 1 is 0.897 bits per heavy atom. The van der Waals surface area contributed by atoms with E-state index in [1.165, 1.54) is 16.7 Å². The molecule has 29 heavy (non-hydrogen) atoms. The summed E-state index contributed by atoms with van der Waals surface area (Å²) in [7, 11) is 0. The summed E-state index contributed by atoms with van der Waals surface area (Å²) in [4.78, 5) is 15.0. The van der Waals surface area contributed by atoms with E-state index in [0.29, 0.717) is 13.1 Å². The zero-order valence-electron chi connectivity index (χ0n) is 16.8. The van der Waals surface area contributed by atoms with Gasteiger partial charge in [0, 0.05) is 6.54 Å². The smallest absolute Gasteiger partial charge is 0.258 e. The molecule has 146 valence electrons. The van der Waals surface area contributed by atoms with E-state index in [1.54, 1.807) is 11.2 Å². The van der Waals surface area contributed by atoms with Crippen molar-refractivity contribution < 1.29 is 4.79 Å². The Labute approximate surface area is 172 Å². The number of hydrogen-bond acceptors (Lipinski definition) is 3. The Morgan fingerprint density at radius 3 is 2.17 bits per heavy atom. The second kappa shape index (κ2) is 8.41. The third kappa shape index (κ3) is 4.44. The van der Waals surface area contributed by atoms with Crippen LogP contribution >= 0.6 is 0 Å². The molecule has 4 rings (SSSR count). The molecule has 0 aromatic heterocycles. The van der Waals surface area contributed by atoms with Gasteiger partial charge in [0.2, 0.25) is 0 Å². The number of amides is 1. The average molecular weight is 383 g/mol. The van der Waals surface area contributed by atoms with Crippen molar-refractivity contribution in [2.24, 2.45) is 5.10 Å². The fraction of sp³-hybridized carbons (Fsp3) is 0.200. The van der Waals surface area contributed by atoms with Crippen molar-refractivity contribution in [3.63, 3.8) is 0 Å². The number of aryl methyl sites for hydroxylation is 2. The van der Waals surface area contributed by atoms with E-state index in [2.05, 4.69) is 60.2 Å². The normalized spacial score (nSPS) is 17.4. The third-order valence-corrected chi connectivity index (χ3v) is 5.18. The molecule has 1 amide bonds. The molecule has 0 radical (unpaired) electrons. The average Bonchev–Trinajstić information content (AvgIpc) is 3.04. The van der Waals surface area contributed by atoms with Crippen molar-refractivity contribution >= 4 is 12.1 Å². The van der Waals surface area contributed by atoms with Gasteiger partial charge in [0.05, 0.1) is 12.8 Å². The molecule has 1 heterocycles. The van der Waals surface area contributed by atoms with Gasteiger partial charge in [-0.2, -0.15) is 5.10 Å². The zero-order valence-corrected chi connectivity index (χ0v) is 16.8. The number of hydrazone groups is 1. The first-order valence-electron chi connectivity index (χ1n) is 9.87. The number of hydrogen-bond donors (Lipinski definition) is 0. The van der Waals surface area contributed by atoms with Crippen LogP contribution in [0.2, 0.25) is 0 Å². The molecular weight excluding hydrogens is 358 g/mol. The monoisotopic (exact) mass is 383 g/mol. The van der Waals surface area contributed by atoms with Crippen molar-refractivity contribution in [1.82, 2.24) is 9.91 Å². The Bertz CT molecular complexity index is 995. The molecule has 0 aliphatic carbocycles. The van der Waals surface area contributed by atoms with Crippen molar-refractivity contribution in [3.05, 3.63) is 107 Å². The maximum absolute atomic E-state index is 12.9. The number of rotatable bonds is 5. The van der Waals surface area contributed by atoms with Crippen LogP contribution < -0.4 is 0 Å². The quantitative estimate of drug-likeness (QED) is 0.600. The first-order valence-corrected chi connectivity index (χ1v) is 9.87. The molecule has 3 aromatic rings. The molecule has 1 aliphatic heterocycles. The van der Waals surface area contributed by atoms with Gasteiger partial charge < -0.3 is 0 Å². The predicted octanol–water partition coefficient (Wildman–Crippen LogP) is 4.68. The molecule has 4 nitrogen and oxygen atoms in total. The second-order valence-corrected chi connectivity index (χ2v) is 7.57. The van der Waals surface area contributed by atoms with Gasteiger partial charge in [-0.1, -0.05) is 90.0 Å². The minimum Gasteiger partial charge on any atom is -0.271 e. The van der Waals surface area contributed by atoms with Crippen molar-refractivity contribution in [2.75, 3.05) is 6.54 Å². The van der Waals surface area contributed by atoms with Gasteiger partial charge in [-0.05, 0) is 30.5 Å². The van der Waals surface area contributed by atoms with Gasteiger partial charge >= 0.3 is 0 Å². The molecule has 1 fully saturated rings. The van der Waals surface area contributed by atoms with Crippen molar-refractivity contribution in [1.29, 1.82) is 0 Å². The van der Waals surface area contributed by atoms with Crippen LogP contribution in [-0.4, -0.2) is 28.6 Å². The van der Waals surface area contributed by atoms with Gasteiger partial charge in [-0.3, -0.25) is 9.69 Å². The van der Waals surface area contributed by atoms with Crippen LogP contribution in [0.1, 0.15) is 34.0 Å². The number of nitrogens with zero attached hydrogens (tertiary/aromatic N) is 3. The van der Waals surface area contributed by atoms with Crippen LogP contribution in [0.4, 0.5) is 0 Å². The Kier molecular flexibility index (Phi) is 5.54. The second-order valence-electron chi connectivity index (χ2n) is 7.57. The van der Waals surface area contributed by atoms with Crippen LogP contribution in [0.15, 0.2) is 84.0 Å². The molecule has 1 saturated heterocycles. The maximum Gasteiger partial charge on any atom is 0.258 e. The summed E-state index contributed by atoms with van der Waals surface area (Å²) in [5.41, 5.74) is 5.63. The summed E-state index contributed by atoms with van der Waals surface area (Å²) in [5, 5.41) is 6.21. The summed E-state index contributed by atoms with van der Waals surface area (Å²) >= 11 is 0. The highest BCUT2D eigenvalue weighted by atomic mass is 16.2. The van der Waals surface area contributed by atoms with Crippen molar-refractivity contribution in [3.8, 4) is 0 Å². The molecule has 0 spiro atoms. The fourth-order valence-electron chi connectivity index (χ4n) is 3.58. The minimum absolute atomic E-state index is 0.00914. The number of benzene rings is 3. The van der Waals surface area contributed by atoms with Gasteiger partial charge in [-0.25, -0.2) is 5.01 Å². The lowest BCUT2D eigenvalue weighted by Gasteiger charge is -2.27. The van der Waals surface area contributed by atoms with Crippen LogP contribution in [-0.2, 0) is 11.3 Å². The molecule has 3 aromatic carbocycles. The SMILES string of the molecule is Cc1ccc(/C=N\N2C(=O)CN(Cc3ccccc3)[C@@H]2c2ccc(C)cc2)cc1. The third-order valence-electron chi connectivity index (χ3n) is 5.18. The van der Waals surface area contributed by atoms with Crippen LogP contribution in [0, 0.1) is 13.8 Å². The highest BCUT2D eigenvalue weighted by Crippen LogP contribution is 2.32. The summed E-state index contributed by atoms with van der Waals surface area (Å²) < 4.78 is 0. The summed E-state index contributed by atoms with van der Waals surface area (Å²) in [6.07, 6.45) is 1.55. The summed E-state index contributed by atoms with van der Waals surface area (Å²) in [6, 6.07) is 26.7. The van der Waals surface area contributed by atoms with Gasteiger partial charge in [-0.15, -0.1) is 0 Å². The standard InChI is InChI=1S/C25H25N3O/c1-19-8-12-21(13-9-19)16-26-28-24(29)18-27(17-22-6-4-3-5-7-22)25(28)23-14-10-20(2)11-15-23/h3-16,25H,17-18H2,1-2H3/b26-16-/t25-/m0/s1. The molecule has 4 heteroatoms. The van der Waals surface area contributed by atoms with Crippen LogP contribution in [0.5, 0.6) is 0 Å². The first-order chi connectivity index (χ1) is 14.1. The van der Waals surface area contributed by atoms with Gasteiger partial charge in [0.1, 0.15) is 6.17 Å². The molecule has 0 saturated carbocycles. The van der Waals surface area contributed by atoms with Crippen LogP contribution in [0.25, 0.3) is 0 Å². The van der Waals surface area contributed by atoms with Gasteiger partial charge in [0.25, 0.3) is 5.91 Å². The van der Waals surface area contributed by atoms with E-state index >= 15 is 0 Å². The highest BCUT2D eigenvalue weighted by Gasteiger charge is 2.38. The largest absolute Gasteiger partial charge is 0.271 e. The van der Waals surface area contributed by atoms with E-state index < -0.39 is 0 Å². The molecular formula is C25H25N3O. The van der Waals surface area contributed by atoms with E-state index in [0.717, 1.165) is 11.1 Å². The topological polar surface area (TPSA) is 35.9 Å². The lowest BCUT2D eigenvalue weighted by atomic mass is 10.1. The molecule has 0 N–H and O–H groups in total. The predicted molar refractivity (Wildman–Crippen MR) is 116 cm³/mol. The van der Waals surface area contributed by atoms with E-state index in [9.17, 15) is 4.79 Å². The van der Waals surface area contributed by atoms with Crippen molar-refractivity contribution in [2.45, 2.75) is 26.6 Å². The number of carbonyl (C=O) groups excluding carboxylic acids is 1. The summed E-state index contributed by atoms with van der Waals surface area (Å²) in [6.45, 7) is 5.17. The lowest BCUT2D eigenvalue weighted by Crippen LogP contribution is -2.28. The van der Waals surface area contributed by atoms with E-state index in [4.69, 9.17) is 0 Å². The molecule has 0 bridgehead atoms. The summed E-state index contributed by atoms with van der Waals surface area (Å²) in [5.74, 6) is 0.00914. The molecule has 1 atom stereocenters. The van der Waals surface area contributed by atoms with E-state index in [1.807, 2.05) is 42.5 Å². The minimum atomic E-state index is -0.218.